The molecule has 0 fully saturated rings. The number of carbonyl (C=O) groups is 2. The average Bonchev–Trinajstić information content (AvgIpc) is 2.45. The Kier molecular flexibility index (Phi) is 9.09. The van der Waals surface area contributed by atoms with Crippen molar-refractivity contribution >= 4 is 41.5 Å². The highest BCUT2D eigenvalue weighted by atomic mass is 35.5. The molecule has 0 aliphatic heterocycles. The van der Waals surface area contributed by atoms with Crippen LogP contribution in [0, 0.1) is 0 Å². The first-order valence-corrected chi connectivity index (χ1v) is 7.31. The van der Waals surface area contributed by atoms with Crippen molar-refractivity contribution in [1.82, 2.24) is 4.90 Å². The van der Waals surface area contributed by atoms with Gasteiger partial charge in [-0.05, 0) is 45.0 Å². The van der Waals surface area contributed by atoms with Crippen LogP contribution in [0.1, 0.15) is 37.0 Å². The molecule has 0 atom stereocenters. The van der Waals surface area contributed by atoms with Crippen molar-refractivity contribution in [3.63, 3.8) is 0 Å². The van der Waals surface area contributed by atoms with Crippen molar-refractivity contribution in [1.29, 1.82) is 0 Å². The van der Waals surface area contributed by atoms with Crippen LogP contribution in [-0.4, -0.2) is 36.3 Å². The topological polar surface area (TPSA) is 75.4 Å². The van der Waals surface area contributed by atoms with Gasteiger partial charge in [0.05, 0.1) is 10.7 Å². The summed E-state index contributed by atoms with van der Waals surface area (Å²) in [5.41, 5.74) is 6.31. The molecule has 0 aliphatic carbocycles. The van der Waals surface area contributed by atoms with Crippen molar-refractivity contribution < 1.29 is 9.59 Å². The van der Waals surface area contributed by atoms with Gasteiger partial charge in [0.15, 0.2) is 0 Å². The van der Waals surface area contributed by atoms with Crippen molar-refractivity contribution in [3.8, 4) is 0 Å². The van der Waals surface area contributed by atoms with Gasteiger partial charge in [-0.15, -0.1) is 12.4 Å². The molecule has 1 aromatic rings. The lowest BCUT2D eigenvalue weighted by atomic mass is 10.1. The van der Waals surface area contributed by atoms with Crippen molar-refractivity contribution in [3.05, 3.63) is 28.8 Å². The molecule has 2 amide bonds. The molecule has 0 radical (unpaired) electrons. The fourth-order valence-electron chi connectivity index (χ4n) is 1.67. The molecular weight excluding hydrogens is 325 g/mol. The van der Waals surface area contributed by atoms with Crippen LogP contribution >= 0.6 is 24.0 Å². The molecule has 1 aromatic carbocycles. The summed E-state index contributed by atoms with van der Waals surface area (Å²) in [7, 11) is 1.74. The van der Waals surface area contributed by atoms with Gasteiger partial charge in [0.25, 0.3) is 5.91 Å². The largest absolute Gasteiger partial charge is 0.339 e. The Morgan fingerprint density at radius 2 is 2.00 bits per heavy atom. The molecule has 7 heteroatoms. The number of hydrogen-bond acceptors (Lipinski definition) is 3. The molecule has 0 saturated carbocycles. The quantitative estimate of drug-likeness (QED) is 0.830. The van der Waals surface area contributed by atoms with E-state index < -0.39 is 0 Å². The number of nitrogens with zero attached hydrogens (tertiary/aromatic N) is 1. The summed E-state index contributed by atoms with van der Waals surface area (Å²) in [5, 5.41) is 3.11. The van der Waals surface area contributed by atoms with Crippen LogP contribution in [0.3, 0.4) is 0 Å². The lowest BCUT2D eigenvalue weighted by Gasteiger charge is -2.22. The van der Waals surface area contributed by atoms with Crippen LogP contribution < -0.4 is 11.1 Å². The fourth-order valence-corrected chi connectivity index (χ4v) is 1.83. The van der Waals surface area contributed by atoms with Crippen LogP contribution in [0.4, 0.5) is 5.69 Å². The monoisotopic (exact) mass is 347 g/mol. The van der Waals surface area contributed by atoms with Gasteiger partial charge in [-0.1, -0.05) is 11.6 Å². The number of carbonyl (C=O) groups excluding carboxylic acids is 2. The molecule has 0 bridgehead atoms. The van der Waals surface area contributed by atoms with E-state index in [1.165, 1.54) is 0 Å². The third-order valence-electron chi connectivity index (χ3n) is 3.19. The highest BCUT2D eigenvalue weighted by Crippen LogP contribution is 2.24. The minimum atomic E-state index is -0.163. The lowest BCUT2D eigenvalue weighted by molar-refractivity contribution is -0.116. The summed E-state index contributed by atoms with van der Waals surface area (Å²) in [4.78, 5) is 25.6. The normalized spacial score (nSPS) is 10.1. The van der Waals surface area contributed by atoms with Gasteiger partial charge in [-0.25, -0.2) is 0 Å². The lowest BCUT2D eigenvalue weighted by Crippen LogP contribution is -2.33. The summed E-state index contributed by atoms with van der Waals surface area (Å²) in [6.07, 6.45) is 0.940. The number of nitrogens with two attached hydrogens (primary N) is 1. The van der Waals surface area contributed by atoms with E-state index >= 15 is 0 Å². The number of amides is 2. The van der Waals surface area contributed by atoms with E-state index in [9.17, 15) is 9.59 Å². The molecule has 0 heterocycles. The molecule has 1 rings (SSSR count). The van der Waals surface area contributed by atoms with Crippen molar-refractivity contribution in [2.45, 2.75) is 32.7 Å². The standard InChI is InChI=1S/C15H22ClN3O2.ClH/c1-10(2)19(3)15(21)11-6-7-12(16)13(9-11)18-14(20)5-4-8-17;/h6-7,9-10H,4-5,8,17H2,1-3H3,(H,18,20);1H. The molecule has 3 N–H and O–H groups in total. The van der Waals surface area contributed by atoms with Crippen LogP contribution in [0.5, 0.6) is 0 Å². The maximum atomic E-state index is 12.3. The van der Waals surface area contributed by atoms with Crippen LogP contribution in [0.2, 0.25) is 5.02 Å². The van der Waals surface area contributed by atoms with Gasteiger partial charge in [0, 0.05) is 25.1 Å². The van der Waals surface area contributed by atoms with Crippen LogP contribution in [0.25, 0.3) is 0 Å². The van der Waals surface area contributed by atoms with Gasteiger partial charge < -0.3 is 16.0 Å². The first-order chi connectivity index (χ1) is 9.86. The predicted molar refractivity (Wildman–Crippen MR) is 92.8 cm³/mol. The summed E-state index contributed by atoms with van der Waals surface area (Å²) in [6, 6.07) is 4.96. The minimum Gasteiger partial charge on any atom is -0.339 e. The third-order valence-corrected chi connectivity index (χ3v) is 3.52. The van der Waals surface area contributed by atoms with E-state index in [-0.39, 0.29) is 30.3 Å². The number of hydrogen-bond donors (Lipinski definition) is 2. The smallest absolute Gasteiger partial charge is 0.253 e. The second-order valence-corrected chi connectivity index (χ2v) is 5.55. The number of nitrogens with one attached hydrogen (secondary N) is 1. The predicted octanol–water partition coefficient (Wildman–Crippen LogP) is 2.92. The summed E-state index contributed by atoms with van der Waals surface area (Å²) in [5.74, 6) is -0.275. The molecule has 0 aliphatic rings. The van der Waals surface area contributed by atoms with Crippen LogP contribution in [0.15, 0.2) is 18.2 Å². The highest BCUT2D eigenvalue weighted by molar-refractivity contribution is 6.33. The zero-order valence-electron chi connectivity index (χ0n) is 13.1. The minimum absolute atomic E-state index is 0. The Labute approximate surface area is 142 Å². The number of halogens is 2. The highest BCUT2D eigenvalue weighted by Gasteiger charge is 2.16. The number of benzene rings is 1. The van der Waals surface area contributed by atoms with Gasteiger partial charge in [0.1, 0.15) is 0 Å². The maximum absolute atomic E-state index is 12.3. The molecule has 22 heavy (non-hydrogen) atoms. The Balaban J connectivity index is 0.00000441. The van der Waals surface area contributed by atoms with E-state index in [0.29, 0.717) is 35.7 Å². The Morgan fingerprint density at radius 1 is 1.36 bits per heavy atom. The average molecular weight is 348 g/mol. The van der Waals surface area contributed by atoms with E-state index in [4.69, 9.17) is 17.3 Å². The third kappa shape index (κ3) is 5.83. The summed E-state index contributed by atoms with van der Waals surface area (Å²) in [6.45, 7) is 4.32. The van der Waals surface area contributed by atoms with E-state index in [2.05, 4.69) is 5.32 Å². The maximum Gasteiger partial charge on any atom is 0.253 e. The van der Waals surface area contributed by atoms with Crippen LogP contribution in [-0.2, 0) is 4.79 Å². The SMILES string of the molecule is CC(C)N(C)C(=O)c1ccc(Cl)c(NC(=O)CCCN)c1.Cl. The van der Waals surface area contributed by atoms with Gasteiger partial charge in [-0.2, -0.15) is 0 Å². The molecule has 0 aromatic heterocycles. The first-order valence-electron chi connectivity index (χ1n) is 6.93. The molecule has 0 unspecified atom stereocenters. The fraction of sp³-hybridized carbons (Fsp3) is 0.467. The summed E-state index contributed by atoms with van der Waals surface area (Å²) >= 11 is 6.06. The molecule has 124 valence electrons. The zero-order chi connectivity index (χ0) is 16.0. The number of rotatable bonds is 6. The van der Waals surface area contributed by atoms with Gasteiger partial charge in [-0.3, -0.25) is 9.59 Å². The molecular formula is C15H23Cl2N3O2. The second-order valence-electron chi connectivity index (χ2n) is 5.14. The first kappa shape index (κ1) is 20.7. The van der Waals surface area contributed by atoms with E-state index in [1.807, 2.05) is 13.8 Å². The van der Waals surface area contributed by atoms with Gasteiger partial charge in [0.2, 0.25) is 5.91 Å². The zero-order valence-corrected chi connectivity index (χ0v) is 14.6. The Hall–Kier alpha value is -1.30. The summed E-state index contributed by atoms with van der Waals surface area (Å²) < 4.78 is 0. The molecule has 0 saturated heterocycles. The van der Waals surface area contributed by atoms with Crippen molar-refractivity contribution in [2.24, 2.45) is 5.73 Å². The van der Waals surface area contributed by atoms with Crippen molar-refractivity contribution in [2.75, 3.05) is 18.9 Å². The van der Waals surface area contributed by atoms with E-state index in [1.54, 1.807) is 30.1 Å². The Bertz CT molecular complexity index is 522. The second kappa shape index (κ2) is 9.66. The number of anilines is 1. The molecule has 0 spiro atoms. The Morgan fingerprint density at radius 3 is 2.55 bits per heavy atom. The van der Waals surface area contributed by atoms with E-state index in [0.717, 1.165) is 0 Å². The van der Waals surface area contributed by atoms with Gasteiger partial charge >= 0.3 is 0 Å². The molecule has 5 nitrogen and oxygen atoms in total.